The highest BCUT2D eigenvalue weighted by Gasteiger charge is 2.17. The van der Waals surface area contributed by atoms with E-state index in [0.717, 1.165) is 11.4 Å². The van der Waals surface area contributed by atoms with Crippen LogP contribution >= 0.6 is 22.9 Å². The molecule has 0 atom stereocenters. The first kappa shape index (κ1) is 10.0. The lowest BCUT2D eigenvalue weighted by Crippen LogP contribution is -2.38. The van der Waals surface area contributed by atoms with Gasteiger partial charge in [0, 0.05) is 16.8 Å². The van der Waals surface area contributed by atoms with Crippen molar-refractivity contribution in [1.82, 2.24) is 5.32 Å². The Hall–Kier alpha value is -0.0500. The Kier molecular flexibility index (Phi) is 3.16. The maximum absolute atomic E-state index is 5.99. The second kappa shape index (κ2) is 3.77. The van der Waals surface area contributed by atoms with Crippen molar-refractivity contribution < 1.29 is 0 Å². The number of nitrogens with one attached hydrogen (secondary N) is 1. The van der Waals surface area contributed by atoms with Crippen LogP contribution in [0.15, 0.2) is 11.4 Å². The van der Waals surface area contributed by atoms with E-state index in [1.54, 1.807) is 11.3 Å². The van der Waals surface area contributed by atoms with Crippen LogP contribution in [0.1, 0.15) is 18.7 Å². The summed E-state index contributed by atoms with van der Waals surface area (Å²) in [5.41, 5.74) is 0.133. The number of hydrogen-bond donors (Lipinski definition) is 1. The van der Waals surface area contributed by atoms with E-state index in [1.165, 1.54) is 4.88 Å². The van der Waals surface area contributed by atoms with Crippen LogP contribution in [-0.4, -0.2) is 12.6 Å². The van der Waals surface area contributed by atoms with Crippen molar-refractivity contribution in [1.29, 1.82) is 0 Å². The normalized spacial score (nSPS) is 12.0. The first-order valence-corrected chi connectivity index (χ1v) is 5.22. The van der Waals surface area contributed by atoms with E-state index in [2.05, 4.69) is 19.2 Å². The molecule has 1 N–H and O–H groups in total. The zero-order valence-electron chi connectivity index (χ0n) is 7.65. The molecule has 1 heterocycles. The van der Waals surface area contributed by atoms with E-state index < -0.39 is 0 Å². The van der Waals surface area contributed by atoms with Crippen molar-refractivity contribution in [3.05, 3.63) is 21.3 Å². The average molecular weight is 204 g/mol. The number of hydrogen-bond acceptors (Lipinski definition) is 2. The molecule has 0 bridgehead atoms. The second-order valence-electron chi connectivity index (χ2n) is 3.50. The lowest BCUT2D eigenvalue weighted by atomic mass is 10.0. The van der Waals surface area contributed by atoms with Crippen molar-refractivity contribution in [3.8, 4) is 0 Å². The number of rotatable bonds is 3. The minimum atomic E-state index is 0.133. The highest BCUT2D eigenvalue weighted by Crippen LogP contribution is 2.25. The summed E-state index contributed by atoms with van der Waals surface area (Å²) in [5, 5.41) is 6.18. The molecule has 0 fully saturated rings. The molecule has 1 aromatic rings. The van der Waals surface area contributed by atoms with Gasteiger partial charge in [-0.3, -0.25) is 0 Å². The molecule has 0 unspecified atom stereocenters. The van der Waals surface area contributed by atoms with Crippen LogP contribution < -0.4 is 5.32 Å². The molecule has 3 heteroatoms. The smallest absolute Gasteiger partial charge is 0.0545 e. The second-order valence-corrected chi connectivity index (χ2v) is 4.91. The monoisotopic (exact) mass is 203 g/mol. The topological polar surface area (TPSA) is 12.0 Å². The van der Waals surface area contributed by atoms with E-state index in [-0.39, 0.29) is 5.54 Å². The fourth-order valence-corrected chi connectivity index (χ4v) is 2.27. The molecule has 1 nitrogen and oxygen atoms in total. The van der Waals surface area contributed by atoms with Gasteiger partial charge in [0.25, 0.3) is 0 Å². The van der Waals surface area contributed by atoms with Crippen LogP contribution in [0.3, 0.4) is 0 Å². The number of likely N-dealkylation sites (N-methyl/N-ethyl adjacent to an activating group) is 1. The molecule has 0 aliphatic heterocycles. The summed E-state index contributed by atoms with van der Waals surface area (Å²) >= 11 is 7.71. The van der Waals surface area contributed by atoms with E-state index in [9.17, 15) is 0 Å². The highest BCUT2D eigenvalue weighted by molar-refractivity contribution is 7.10. The van der Waals surface area contributed by atoms with Crippen LogP contribution in [-0.2, 0) is 6.42 Å². The van der Waals surface area contributed by atoms with Gasteiger partial charge in [-0.15, -0.1) is 11.3 Å². The molecular formula is C9H14ClNS. The molecule has 0 spiro atoms. The van der Waals surface area contributed by atoms with Gasteiger partial charge in [-0.2, -0.15) is 0 Å². The van der Waals surface area contributed by atoms with Gasteiger partial charge < -0.3 is 5.32 Å². The molecule has 0 amide bonds. The summed E-state index contributed by atoms with van der Waals surface area (Å²) in [4.78, 5) is 1.26. The number of halogens is 1. The fraction of sp³-hybridized carbons (Fsp3) is 0.556. The summed E-state index contributed by atoms with van der Waals surface area (Å²) in [5.74, 6) is 0. The molecule has 68 valence electrons. The predicted octanol–water partition coefficient (Wildman–Crippen LogP) is 2.94. The van der Waals surface area contributed by atoms with Crippen molar-refractivity contribution >= 4 is 22.9 Å². The van der Waals surface area contributed by atoms with Crippen molar-refractivity contribution in [2.75, 3.05) is 7.05 Å². The van der Waals surface area contributed by atoms with Crippen LogP contribution in [0.2, 0.25) is 5.02 Å². The molecule has 1 aromatic heterocycles. The summed E-state index contributed by atoms with van der Waals surface area (Å²) in [6, 6.07) is 1.95. The molecule has 0 saturated carbocycles. The number of thiophene rings is 1. The Bertz CT molecular complexity index is 255. The standard InChI is InChI=1S/C9H14ClNS/c1-9(2,11-3)6-8-7(10)4-5-12-8/h4-5,11H,6H2,1-3H3. The zero-order valence-corrected chi connectivity index (χ0v) is 9.22. The van der Waals surface area contributed by atoms with Gasteiger partial charge in [0.15, 0.2) is 0 Å². The molecule has 0 radical (unpaired) electrons. The summed E-state index contributed by atoms with van der Waals surface area (Å²) in [7, 11) is 1.97. The third-order valence-corrected chi connectivity index (χ3v) is 3.36. The molecule has 1 rings (SSSR count). The molecule has 0 aliphatic carbocycles. The van der Waals surface area contributed by atoms with Gasteiger partial charge in [0.05, 0.1) is 5.02 Å². The van der Waals surface area contributed by atoms with Gasteiger partial charge in [-0.25, -0.2) is 0 Å². The van der Waals surface area contributed by atoms with Gasteiger partial charge in [0.1, 0.15) is 0 Å². The molecular weight excluding hydrogens is 190 g/mol. The van der Waals surface area contributed by atoms with Crippen LogP contribution in [0, 0.1) is 0 Å². The Morgan fingerprint density at radius 2 is 2.25 bits per heavy atom. The van der Waals surface area contributed by atoms with Gasteiger partial charge in [-0.05, 0) is 32.3 Å². The molecule has 12 heavy (non-hydrogen) atoms. The Labute approximate surface area is 82.7 Å². The summed E-state index contributed by atoms with van der Waals surface area (Å²) in [6.07, 6.45) is 0.986. The fourth-order valence-electron chi connectivity index (χ4n) is 0.941. The maximum Gasteiger partial charge on any atom is 0.0545 e. The lowest BCUT2D eigenvalue weighted by molar-refractivity contribution is 0.425. The van der Waals surface area contributed by atoms with Gasteiger partial charge in [0.2, 0.25) is 0 Å². The van der Waals surface area contributed by atoms with Crippen molar-refractivity contribution in [3.63, 3.8) is 0 Å². The molecule has 0 saturated heterocycles. The zero-order chi connectivity index (χ0) is 9.19. The SMILES string of the molecule is CNC(C)(C)Cc1sccc1Cl. The quantitative estimate of drug-likeness (QED) is 0.797. The highest BCUT2D eigenvalue weighted by atomic mass is 35.5. The summed E-state index contributed by atoms with van der Waals surface area (Å²) < 4.78 is 0. The van der Waals surface area contributed by atoms with E-state index >= 15 is 0 Å². The van der Waals surface area contributed by atoms with Crippen LogP contribution in [0.5, 0.6) is 0 Å². The average Bonchev–Trinajstić information content (AvgIpc) is 2.36. The first-order valence-electron chi connectivity index (χ1n) is 3.96. The van der Waals surface area contributed by atoms with Crippen molar-refractivity contribution in [2.45, 2.75) is 25.8 Å². The molecule has 0 aromatic carbocycles. The maximum atomic E-state index is 5.99. The largest absolute Gasteiger partial charge is 0.314 e. The van der Waals surface area contributed by atoms with Crippen LogP contribution in [0.25, 0.3) is 0 Å². The minimum absolute atomic E-state index is 0.133. The van der Waals surface area contributed by atoms with E-state index in [0.29, 0.717) is 0 Å². The third kappa shape index (κ3) is 2.47. The predicted molar refractivity (Wildman–Crippen MR) is 56.2 cm³/mol. The van der Waals surface area contributed by atoms with E-state index in [4.69, 9.17) is 11.6 Å². The van der Waals surface area contributed by atoms with Crippen LogP contribution in [0.4, 0.5) is 0 Å². The van der Waals surface area contributed by atoms with Gasteiger partial charge >= 0.3 is 0 Å². The Balaban J connectivity index is 2.70. The van der Waals surface area contributed by atoms with E-state index in [1.807, 2.05) is 18.5 Å². The molecule has 0 aliphatic rings. The van der Waals surface area contributed by atoms with Gasteiger partial charge in [-0.1, -0.05) is 11.6 Å². The first-order chi connectivity index (χ1) is 5.55. The van der Waals surface area contributed by atoms with Crippen molar-refractivity contribution in [2.24, 2.45) is 0 Å². The third-order valence-electron chi connectivity index (χ3n) is 1.97. The minimum Gasteiger partial charge on any atom is -0.314 e. The Morgan fingerprint density at radius 1 is 1.58 bits per heavy atom. The summed E-state index contributed by atoms with van der Waals surface area (Å²) in [6.45, 7) is 4.34. The Morgan fingerprint density at radius 3 is 2.67 bits per heavy atom. The lowest BCUT2D eigenvalue weighted by Gasteiger charge is -2.23.